The van der Waals surface area contributed by atoms with E-state index in [4.69, 9.17) is 9.97 Å². The lowest BCUT2D eigenvalue weighted by Crippen LogP contribution is -1.99. The van der Waals surface area contributed by atoms with Crippen molar-refractivity contribution in [1.82, 2.24) is 19.1 Å². The molecule has 0 amide bonds. The summed E-state index contributed by atoms with van der Waals surface area (Å²) in [6, 6.07) is 73.3. The van der Waals surface area contributed by atoms with Gasteiger partial charge in [0.15, 0.2) is 5.82 Å². The number of hydrogen-bond donors (Lipinski definition) is 0. The highest BCUT2D eigenvalue weighted by molar-refractivity contribution is 6.10. The predicted octanol–water partition coefficient (Wildman–Crippen LogP) is 13.3. The molecule has 11 rings (SSSR count). The quantitative estimate of drug-likeness (QED) is 0.172. The van der Waals surface area contributed by atoms with Gasteiger partial charge in [0, 0.05) is 49.6 Å². The second-order valence-corrected chi connectivity index (χ2v) is 14.2. The molecule has 0 aliphatic carbocycles. The van der Waals surface area contributed by atoms with Gasteiger partial charge in [0.1, 0.15) is 0 Å². The number of nitrogens with zero attached hydrogens (tertiary/aromatic N) is 4. The van der Waals surface area contributed by atoms with E-state index >= 15 is 0 Å². The van der Waals surface area contributed by atoms with Crippen LogP contribution in [0.1, 0.15) is 0 Å². The molecule has 0 radical (unpaired) electrons. The van der Waals surface area contributed by atoms with Gasteiger partial charge in [-0.2, -0.15) is 0 Å². The standard InChI is InChI=1S/C52H34N4/c1-3-15-36(16-4-1)46-34-47(54-52(53-46)37-17-5-2-6-18-37)39-31-38(32-41(33-39)56-50-25-13-9-21-44(50)45-22-10-14-26-51(45)56)35-27-29-40(30-28-35)55-48-23-11-7-19-42(48)43-20-8-12-24-49(43)55/h1-34H. The fourth-order valence-electron chi connectivity index (χ4n) is 8.33. The predicted molar refractivity (Wildman–Crippen MR) is 232 cm³/mol. The summed E-state index contributed by atoms with van der Waals surface area (Å²) in [4.78, 5) is 10.4. The topological polar surface area (TPSA) is 35.6 Å². The Kier molecular flexibility index (Phi) is 7.46. The third-order valence-corrected chi connectivity index (χ3v) is 10.9. The Balaban J connectivity index is 1.14. The Labute approximate surface area is 324 Å². The first-order valence-electron chi connectivity index (χ1n) is 19.0. The zero-order valence-electron chi connectivity index (χ0n) is 30.4. The minimum atomic E-state index is 0.696. The average Bonchev–Trinajstić information content (AvgIpc) is 3.80. The molecule has 0 spiro atoms. The van der Waals surface area contributed by atoms with Crippen LogP contribution in [0.3, 0.4) is 0 Å². The molecule has 0 aliphatic rings. The SMILES string of the molecule is c1ccc(-c2cc(-c3cc(-c4ccc(-n5c6ccccc6c6ccccc65)cc4)cc(-n4c5ccccc5c5ccccc54)c3)nc(-c3ccccc3)n2)cc1. The molecular weight excluding hydrogens is 681 g/mol. The summed E-state index contributed by atoms with van der Waals surface area (Å²) < 4.78 is 4.76. The maximum Gasteiger partial charge on any atom is 0.160 e. The number of para-hydroxylation sites is 4. The lowest BCUT2D eigenvalue weighted by atomic mass is 9.99. The van der Waals surface area contributed by atoms with Crippen LogP contribution >= 0.6 is 0 Å². The van der Waals surface area contributed by atoms with E-state index in [1.54, 1.807) is 0 Å². The van der Waals surface area contributed by atoms with E-state index in [0.29, 0.717) is 5.82 Å². The summed E-state index contributed by atoms with van der Waals surface area (Å²) in [7, 11) is 0. The van der Waals surface area contributed by atoms with Crippen LogP contribution in [-0.2, 0) is 0 Å². The van der Waals surface area contributed by atoms with Crippen LogP contribution in [0, 0.1) is 0 Å². The van der Waals surface area contributed by atoms with E-state index in [-0.39, 0.29) is 0 Å². The lowest BCUT2D eigenvalue weighted by molar-refractivity contribution is 1.16. The van der Waals surface area contributed by atoms with Crippen molar-refractivity contribution in [3.05, 3.63) is 206 Å². The Morgan fingerprint density at radius 2 is 0.679 bits per heavy atom. The van der Waals surface area contributed by atoms with Crippen LogP contribution in [-0.4, -0.2) is 19.1 Å². The molecule has 0 atom stereocenters. The summed E-state index contributed by atoms with van der Waals surface area (Å²) in [6.45, 7) is 0. The van der Waals surface area contributed by atoms with Crippen molar-refractivity contribution in [1.29, 1.82) is 0 Å². The van der Waals surface area contributed by atoms with E-state index in [2.05, 4.69) is 191 Å². The van der Waals surface area contributed by atoms with Crippen LogP contribution in [0.25, 0.3) is 100 Å². The third-order valence-electron chi connectivity index (χ3n) is 10.9. The molecule has 4 nitrogen and oxygen atoms in total. The van der Waals surface area contributed by atoms with Crippen molar-refractivity contribution >= 4 is 43.6 Å². The summed E-state index contributed by atoms with van der Waals surface area (Å²) in [5.41, 5.74) is 13.9. The van der Waals surface area contributed by atoms with Crippen LogP contribution in [0.5, 0.6) is 0 Å². The van der Waals surface area contributed by atoms with Gasteiger partial charge in [-0.15, -0.1) is 0 Å². The maximum atomic E-state index is 5.26. The molecule has 8 aromatic carbocycles. The molecule has 0 fully saturated rings. The lowest BCUT2D eigenvalue weighted by Gasteiger charge is -2.15. The summed E-state index contributed by atoms with van der Waals surface area (Å²) in [6.07, 6.45) is 0. The Bertz CT molecular complexity index is 3070. The van der Waals surface area contributed by atoms with Crippen LogP contribution in [0.15, 0.2) is 206 Å². The number of rotatable bonds is 6. The molecule has 11 aromatic rings. The van der Waals surface area contributed by atoms with Gasteiger partial charge in [-0.25, -0.2) is 9.97 Å². The van der Waals surface area contributed by atoms with Crippen molar-refractivity contribution in [3.8, 4) is 56.4 Å². The molecule has 3 heterocycles. The van der Waals surface area contributed by atoms with E-state index in [9.17, 15) is 0 Å². The highest BCUT2D eigenvalue weighted by atomic mass is 15.0. The monoisotopic (exact) mass is 714 g/mol. The van der Waals surface area contributed by atoms with Gasteiger partial charge >= 0.3 is 0 Å². The zero-order chi connectivity index (χ0) is 37.0. The summed E-state index contributed by atoms with van der Waals surface area (Å²) in [5, 5.41) is 4.96. The summed E-state index contributed by atoms with van der Waals surface area (Å²) in [5.74, 6) is 0.696. The first-order chi connectivity index (χ1) is 27.8. The molecule has 262 valence electrons. The number of aromatic nitrogens is 4. The second kappa shape index (κ2) is 13.1. The zero-order valence-corrected chi connectivity index (χ0v) is 30.4. The third kappa shape index (κ3) is 5.31. The van der Waals surface area contributed by atoms with Gasteiger partial charge in [0.05, 0.1) is 33.5 Å². The van der Waals surface area contributed by atoms with Gasteiger partial charge in [0.25, 0.3) is 0 Å². The van der Waals surface area contributed by atoms with Crippen molar-refractivity contribution in [2.75, 3.05) is 0 Å². The van der Waals surface area contributed by atoms with Gasteiger partial charge < -0.3 is 9.13 Å². The van der Waals surface area contributed by atoms with E-state index in [0.717, 1.165) is 61.6 Å². The molecule has 0 saturated carbocycles. The van der Waals surface area contributed by atoms with Gasteiger partial charge in [0.2, 0.25) is 0 Å². The fraction of sp³-hybridized carbons (Fsp3) is 0. The minimum absolute atomic E-state index is 0.696. The Morgan fingerprint density at radius 1 is 0.268 bits per heavy atom. The molecule has 0 N–H and O–H groups in total. The van der Waals surface area contributed by atoms with Crippen molar-refractivity contribution < 1.29 is 0 Å². The second-order valence-electron chi connectivity index (χ2n) is 14.2. The van der Waals surface area contributed by atoms with Crippen molar-refractivity contribution in [3.63, 3.8) is 0 Å². The number of hydrogen-bond acceptors (Lipinski definition) is 2. The number of benzene rings is 8. The molecule has 3 aromatic heterocycles. The minimum Gasteiger partial charge on any atom is -0.309 e. The van der Waals surface area contributed by atoms with E-state index in [1.807, 2.05) is 24.3 Å². The first-order valence-corrected chi connectivity index (χ1v) is 19.0. The van der Waals surface area contributed by atoms with Crippen molar-refractivity contribution in [2.24, 2.45) is 0 Å². The van der Waals surface area contributed by atoms with Crippen LogP contribution < -0.4 is 0 Å². The maximum absolute atomic E-state index is 5.26. The van der Waals surface area contributed by atoms with Crippen molar-refractivity contribution in [2.45, 2.75) is 0 Å². The fourth-order valence-corrected chi connectivity index (χ4v) is 8.33. The van der Waals surface area contributed by atoms with Gasteiger partial charge in [-0.1, -0.05) is 146 Å². The van der Waals surface area contributed by atoms with Gasteiger partial charge in [-0.3, -0.25) is 0 Å². The van der Waals surface area contributed by atoms with Gasteiger partial charge in [-0.05, 0) is 71.8 Å². The van der Waals surface area contributed by atoms with Crippen LogP contribution in [0.4, 0.5) is 0 Å². The Hall–Kier alpha value is -7.56. The Morgan fingerprint density at radius 3 is 1.20 bits per heavy atom. The average molecular weight is 715 g/mol. The van der Waals surface area contributed by atoms with Crippen LogP contribution in [0.2, 0.25) is 0 Å². The highest BCUT2D eigenvalue weighted by Gasteiger charge is 2.17. The number of fused-ring (bicyclic) bond motifs is 6. The molecule has 0 aliphatic heterocycles. The first kappa shape index (κ1) is 31.9. The smallest absolute Gasteiger partial charge is 0.160 e. The molecule has 56 heavy (non-hydrogen) atoms. The normalized spacial score (nSPS) is 11.6. The molecule has 4 heteroatoms. The molecule has 0 unspecified atom stereocenters. The molecular formula is C52H34N4. The molecule has 0 saturated heterocycles. The van der Waals surface area contributed by atoms with E-state index < -0.39 is 0 Å². The van der Waals surface area contributed by atoms with E-state index in [1.165, 1.54) is 32.6 Å². The highest BCUT2D eigenvalue weighted by Crippen LogP contribution is 2.38. The molecule has 0 bridgehead atoms. The summed E-state index contributed by atoms with van der Waals surface area (Å²) >= 11 is 0. The largest absolute Gasteiger partial charge is 0.309 e.